The van der Waals surface area contributed by atoms with Crippen LogP contribution in [0.25, 0.3) is 0 Å². The summed E-state index contributed by atoms with van der Waals surface area (Å²) in [6.07, 6.45) is 2.77. The molecule has 1 aliphatic rings. The molecular weight excluding hydrogens is 190 g/mol. The molecule has 1 saturated carbocycles. The van der Waals surface area contributed by atoms with Crippen molar-refractivity contribution in [3.05, 3.63) is 29.8 Å². The minimum absolute atomic E-state index is 0.185. The molecule has 1 aromatic carbocycles. The van der Waals surface area contributed by atoms with E-state index in [-0.39, 0.29) is 12.1 Å². The molecule has 0 heterocycles. The third-order valence-electron chi connectivity index (χ3n) is 3.03. The first kappa shape index (κ1) is 10.5. The lowest BCUT2D eigenvalue weighted by Crippen LogP contribution is -2.35. The maximum Gasteiger partial charge on any atom is 0.120 e. The van der Waals surface area contributed by atoms with Crippen LogP contribution in [0.2, 0.25) is 0 Å². The molecule has 3 nitrogen and oxygen atoms in total. The van der Waals surface area contributed by atoms with Gasteiger partial charge in [-0.1, -0.05) is 18.2 Å². The Morgan fingerprint density at radius 3 is 2.73 bits per heavy atom. The van der Waals surface area contributed by atoms with Crippen LogP contribution in [0, 0.1) is 0 Å². The van der Waals surface area contributed by atoms with Crippen molar-refractivity contribution in [2.75, 3.05) is 0 Å². The molecule has 0 radical (unpaired) electrons. The standard InChI is InChI=1S/C12H17NO2/c14-11-6-2-1-4-9(11)8-13-10-5-3-7-12(10)15/h1-2,4,6,10,12-15H,3,5,7-8H2/t10-,12-/m1/s1. The van der Waals surface area contributed by atoms with Crippen molar-refractivity contribution in [1.82, 2.24) is 5.32 Å². The van der Waals surface area contributed by atoms with Crippen molar-refractivity contribution < 1.29 is 10.2 Å². The lowest BCUT2D eigenvalue weighted by atomic mass is 10.1. The number of aliphatic hydroxyl groups excluding tert-OH is 1. The number of phenolic OH excluding ortho intramolecular Hbond substituents is 1. The van der Waals surface area contributed by atoms with E-state index in [0.29, 0.717) is 12.3 Å². The van der Waals surface area contributed by atoms with Crippen LogP contribution < -0.4 is 5.32 Å². The average Bonchev–Trinajstić information content (AvgIpc) is 2.63. The van der Waals surface area contributed by atoms with Gasteiger partial charge in [0.05, 0.1) is 6.10 Å². The van der Waals surface area contributed by atoms with Crippen LogP contribution in [0.3, 0.4) is 0 Å². The largest absolute Gasteiger partial charge is 0.508 e. The van der Waals surface area contributed by atoms with E-state index in [4.69, 9.17) is 0 Å². The number of aromatic hydroxyl groups is 1. The minimum atomic E-state index is -0.226. The SMILES string of the molecule is Oc1ccccc1CN[C@@H]1CCC[C@H]1O. The number of hydrogen-bond donors (Lipinski definition) is 3. The highest BCUT2D eigenvalue weighted by Gasteiger charge is 2.24. The first-order chi connectivity index (χ1) is 7.27. The number of hydrogen-bond acceptors (Lipinski definition) is 3. The number of aliphatic hydroxyl groups is 1. The molecule has 15 heavy (non-hydrogen) atoms. The maximum atomic E-state index is 9.61. The lowest BCUT2D eigenvalue weighted by molar-refractivity contribution is 0.148. The number of nitrogens with one attached hydrogen (secondary N) is 1. The predicted molar refractivity (Wildman–Crippen MR) is 58.6 cm³/mol. The highest BCUT2D eigenvalue weighted by molar-refractivity contribution is 5.31. The molecule has 82 valence electrons. The van der Waals surface area contributed by atoms with E-state index in [1.807, 2.05) is 18.2 Å². The summed E-state index contributed by atoms with van der Waals surface area (Å²) in [6.45, 7) is 0.619. The molecule has 0 unspecified atom stereocenters. The van der Waals surface area contributed by atoms with Crippen LogP contribution >= 0.6 is 0 Å². The van der Waals surface area contributed by atoms with Gasteiger partial charge in [-0.25, -0.2) is 0 Å². The zero-order chi connectivity index (χ0) is 10.7. The van der Waals surface area contributed by atoms with Gasteiger partial charge in [0.25, 0.3) is 0 Å². The van der Waals surface area contributed by atoms with Crippen molar-refractivity contribution in [3.63, 3.8) is 0 Å². The Morgan fingerprint density at radius 1 is 1.27 bits per heavy atom. The van der Waals surface area contributed by atoms with E-state index in [1.54, 1.807) is 6.07 Å². The summed E-state index contributed by atoms with van der Waals surface area (Å²) in [6, 6.07) is 7.47. The van der Waals surface area contributed by atoms with Gasteiger partial charge in [0.2, 0.25) is 0 Å². The Labute approximate surface area is 89.8 Å². The van der Waals surface area contributed by atoms with Crippen molar-refractivity contribution >= 4 is 0 Å². The molecule has 3 heteroatoms. The summed E-state index contributed by atoms with van der Waals surface area (Å²) >= 11 is 0. The average molecular weight is 207 g/mol. The summed E-state index contributed by atoms with van der Waals surface area (Å²) in [4.78, 5) is 0. The molecular formula is C12H17NO2. The second kappa shape index (κ2) is 4.64. The molecule has 1 aliphatic carbocycles. The zero-order valence-corrected chi connectivity index (χ0v) is 8.69. The van der Waals surface area contributed by atoms with Crippen LogP contribution in [-0.4, -0.2) is 22.4 Å². The van der Waals surface area contributed by atoms with E-state index in [1.165, 1.54) is 0 Å². The van der Waals surface area contributed by atoms with Gasteiger partial charge in [-0.05, 0) is 25.3 Å². The quantitative estimate of drug-likeness (QED) is 0.702. The Morgan fingerprint density at radius 2 is 2.07 bits per heavy atom. The summed E-state index contributed by atoms with van der Waals surface area (Å²) in [5.74, 6) is 0.317. The highest BCUT2D eigenvalue weighted by atomic mass is 16.3. The molecule has 0 saturated heterocycles. The van der Waals surface area contributed by atoms with E-state index in [2.05, 4.69) is 5.32 Å². The lowest BCUT2D eigenvalue weighted by Gasteiger charge is -2.16. The maximum absolute atomic E-state index is 9.61. The fraction of sp³-hybridized carbons (Fsp3) is 0.500. The van der Waals surface area contributed by atoms with E-state index >= 15 is 0 Å². The van der Waals surface area contributed by atoms with Crippen LogP contribution in [0.5, 0.6) is 5.75 Å². The van der Waals surface area contributed by atoms with Crippen molar-refractivity contribution in [3.8, 4) is 5.75 Å². The first-order valence-corrected chi connectivity index (χ1v) is 5.45. The summed E-state index contributed by atoms with van der Waals surface area (Å²) in [7, 11) is 0. The second-order valence-corrected chi connectivity index (χ2v) is 4.11. The Hall–Kier alpha value is -1.06. The zero-order valence-electron chi connectivity index (χ0n) is 8.69. The molecule has 2 atom stereocenters. The van der Waals surface area contributed by atoms with Gasteiger partial charge in [0.15, 0.2) is 0 Å². The van der Waals surface area contributed by atoms with Gasteiger partial charge in [0.1, 0.15) is 5.75 Å². The predicted octanol–water partition coefficient (Wildman–Crippen LogP) is 1.40. The second-order valence-electron chi connectivity index (χ2n) is 4.11. The molecule has 1 fully saturated rings. The van der Waals surface area contributed by atoms with Gasteiger partial charge in [0, 0.05) is 18.2 Å². The molecule has 0 amide bonds. The Kier molecular flexibility index (Phi) is 3.23. The Bertz CT molecular complexity index is 327. The van der Waals surface area contributed by atoms with Gasteiger partial charge < -0.3 is 15.5 Å². The van der Waals surface area contributed by atoms with Crippen LogP contribution in [0.4, 0.5) is 0 Å². The van der Waals surface area contributed by atoms with E-state index in [9.17, 15) is 10.2 Å². The number of para-hydroxylation sites is 1. The normalized spacial score (nSPS) is 25.7. The van der Waals surface area contributed by atoms with Gasteiger partial charge in [-0.3, -0.25) is 0 Å². The molecule has 0 spiro atoms. The monoisotopic (exact) mass is 207 g/mol. The molecule has 2 rings (SSSR count). The highest BCUT2D eigenvalue weighted by Crippen LogP contribution is 2.20. The summed E-state index contributed by atoms with van der Waals surface area (Å²) in [5, 5.41) is 22.4. The van der Waals surface area contributed by atoms with E-state index in [0.717, 1.165) is 24.8 Å². The fourth-order valence-corrected chi connectivity index (χ4v) is 2.08. The van der Waals surface area contributed by atoms with Crippen LogP contribution in [0.15, 0.2) is 24.3 Å². The fourth-order valence-electron chi connectivity index (χ4n) is 2.08. The molecule has 0 aromatic heterocycles. The minimum Gasteiger partial charge on any atom is -0.508 e. The van der Waals surface area contributed by atoms with E-state index < -0.39 is 0 Å². The number of benzene rings is 1. The molecule has 0 aliphatic heterocycles. The third-order valence-corrected chi connectivity index (χ3v) is 3.03. The van der Waals surface area contributed by atoms with Crippen LogP contribution in [0.1, 0.15) is 24.8 Å². The molecule has 3 N–H and O–H groups in total. The molecule has 0 bridgehead atoms. The topological polar surface area (TPSA) is 52.5 Å². The van der Waals surface area contributed by atoms with Gasteiger partial charge >= 0.3 is 0 Å². The van der Waals surface area contributed by atoms with Gasteiger partial charge in [-0.2, -0.15) is 0 Å². The third kappa shape index (κ3) is 2.49. The number of rotatable bonds is 3. The Balaban J connectivity index is 1.90. The van der Waals surface area contributed by atoms with Crippen molar-refractivity contribution in [2.45, 2.75) is 38.0 Å². The van der Waals surface area contributed by atoms with Gasteiger partial charge in [-0.15, -0.1) is 0 Å². The number of phenols is 1. The van der Waals surface area contributed by atoms with Crippen LogP contribution in [-0.2, 0) is 6.54 Å². The van der Waals surface area contributed by atoms with Crippen molar-refractivity contribution in [1.29, 1.82) is 0 Å². The summed E-state index contributed by atoms with van der Waals surface area (Å²) < 4.78 is 0. The van der Waals surface area contributed by atoms with Crippen molar-refractivity contribution in [2.24, 2.45) is 0 Å². The summed E-state index contributed by atoms with van der Waals surface area (Å²) in [5.41, 5.74) is 0.886. The smallest absolute Gasteiger partial charge is 0.120 e. The first-order valence-electron chi connectivity index (χ1n) is 5.45. The molecule has 1 aromatic rings.